The van der Waals surface area contributed by atoms with Gasteiger partial charge in [0.15, 0.2) is 5.82 Å². The number of likely N-dealkylation sites (tertiary alicyclic amines) is 1. The van der Waals surface area contributed by atoms with E-state index in [9.17, 15) is 4.79 Å². The van der Waals surface area contributed by atoms with E-state index in [2.05, 4.69) is 20.1 Å². The van der Waals surface area contributed by atoms with E-state index >= 15 is 0 Å². The number of amides is 1. The van der Waals surface area contributed by atoms with E-state index < -0.39 is 0 Å². The molecule has 1 fully saturated rings. The minimum atomic E-state index is 0.0627. The predicted molar refractivity (Wildman–Crippen MR) is 102 cm³/mol. The normalized spacial score (nSPS) is 19.6. The first-order valence-corrected chi connectivity index (χ1v) is 9.81. The third-order valence-electron chi connectivity index (χ3n) is 5.55. The van der Waals surface area contributed by atoms with E-state index in [-0.39, 0.29) is 11.9 Å². The van der Waals surface area contributed by atoms with Gasteiger partial charge in [-0.05, 0) is 37.0 Å². The Morgan fingerprint density at radius 2 is 2.07 bits per heavy atom. The molecule has 27 heavy (non-hydrogen) atoms. The molecule has 1 aromatic carbocycles. The van der Waals surface area contributed by atoms with Crippen molar-refractivity contribution >= 4 is 5.91 Å². The summed E-state index contributed by atoms with van der Waals surface area (Å²) >= 11 is 0. The number of nitrogens with zero attached hydrogens (tertiary/aromatic N) is 4. The van der Waals surface area contributed by atoms with Crippen LogP contribution in [-0.2, 0) is 24.2 Å². The molecular formula is C20H27N5O2. The summed E-state index contributed by atoms with van der Waals surface area (Å²) in [6, 6.07) is 8.00. The average molecular weight is 369 g/mol. The van der Waals surface area contributed by atoms with Gasteiger partial charge in [-0.3, -0.25) is 4.79 Å². The maximum atomic E-state index is 12.9. The molecule has 0 radical (unpaired) electrons. The molecule has 0 aliphatic carbocycles. The van der Waals surface area contributed by atoms with Crippen LogP contribution in [0.3, 0.4) is 0 Å². The Morgan fingerprint density at radius 3 is 2.89 bits per heavy atom. The van der Waals surface area contributed by atoms with Crippen LogP contribution in [-0.4, -0.2) is 52.3 Å². The first kappa shape index (κ1) is 18.0. The Labute approximate surface area is 159 Å². The smallest absolute Gasteiger partial charge is 0.223 e. The molecule has 7 nitrogen and oxygen atoms in total. The van der Waals surface area contributed by atoms with Crippen molar-refractivity contribution in [2.75, 3.05) is 26.7 Å². The molecule has 2 aliphatic rings. The van der Waals surface area contributed by atoms with Crippen molar-refractivity contribution in [2.24, 2.45) is 0 Å². The summed E-state index contributed by atoms with van der Waals surface area (Å²) in [4.78, 5) is 14.9. The molecule has 1 N–H and O–H groups in total. The van der Waals surface area contributed by atoms with Crippen molar-refractivity contribution in [1.82, 2.24) is 25.0 Å². The van der Waals surface area contributed by atoms with Crippen molar-refractivity contribution in [2.45, 2.75) is 44.7 Å². The lowest BCUT2D eigenvalue weighted by Crippen LogP contribution is -2.32. The number of ether oxygens (including phenoxy) is 1. The van der Waals surface area contributed by atoms with Crippen LogP contribution in [0.5, 0.6) is 5.75 Å². The second-order valence-electron chi connectivity index (χ2n) is 7.22. The summed E-state index contributed by atoms with van der Waals surface area (Å²) in [5, 5.41) is 12.3. The fourth-order valence-corrected chi connectivity index (χ4v) is 4.06. The van der Waals surface area contributed by atoms with Crippen molar-refractivity contribution in [3.8, 4) is 5.75 Å². The Kier molecular flexibility index (Phi) is 5.38. The van der Waals surface area contributed by atoms with Crippen LogP contribution in [0.15, 0.2) is 24.3 Å². The largest absolute Gasteiger partial charge is 0.497 e. The number of rotatable bonds is 5. The van der Waals surface area contributed by atoms with Crippen LogP contribution in [0.2, 0.25) is 0 Å². The molecule has 2 aromatic rings. The summed E-state index contributed by atoms with van der Waals surface area (Å²) in [6.07, 6.45) is 4.16. The number of fused-ring (bicyclic) bond motifs is 1. The SMILES string of the molecule is COc1ccc(CCC(=O)N2CCC[C@@H]2c2nnc3n2CCNCC3)cc1. The van der Waals surface area contributed by atoms with Crippen LogP contribution in [0.25, 0.3) is 0 Å². The molecule has 3 heterocycles. The van der Waals surface area contributed by atoms with Crippen molar-refractivity contribution in [3.63, 3.8) is 0 Å². The molecule has 4 rings (SSSR count). The van der Waals surface area contributed by atoms with Gasteiger partial charge in [-0.2, -0.15) is 0 Å². The highest BCUT2D eigenvalue weighted by atomic mass is 16.5. The quantitative estimate of drug-likeness (QED) is 0.869. The van der Waals surface area contributed by atoms with Gasteiger partial charge >= 0.3 is 0 Å². The van der Waals surface area contributed by atoms with Gasteiger partial charge in [0.05, 0.1) is 13.2 Å². The van der Waals surface area contributed by atoms with E-state index in [4.69, 9.17) is 4.74 Å². The number of aryl methyl sites for hydroxylation is 1. The van der Waals surface area contributed by atoms with Crippen LogP contribution < -0.4 is 10.1 Å². The number of hydrogen-bond donors (Lipinski definition) is 1. The lowest BCUT2D eigenvalue weighted by atomic mass is 10.1. The lowest BCUT2D eigenvalue weighted by molar-refractivity contribution is -0.132. The van der Waals surface area contributed by atoms with E-state index in [0.717, 1.165) is 74.8 Å². The van der Waals surface area contributed by atoms with Crippen LogP contribution in [0.4, 0.5) is 0 Å². The summed E-state index contributed by atoms with van der Waals surface area (Å²) in [7, 11) is 1.66. The molecule has 7 heteroatoms. The van der Waals surface area contributed by atoms with Crippen molar-refractivity contribution < 1.29 is 9.53 Å². The molecule has 1 saturated heterocycles. The fraction of sp³-hybridized carbons (Fsp3) is 0.550. The summed E-state index contributed by atoms with van der Waals surface area (Å²) < 4.78 is 7.41. The molecular weight excluding hydrogens is 342 g/mol. The standard InChI is InChI=1S/C20H27N5O2/c1-27-16-7-4-15(5-8-16)6-9-19(26)24-13-2-3-17(24)20-23-22-18-10-11-21-12-14-25(18)20/h4-5,7-8,17,21H,2-3,6,9-14H2,1H3/t17-/m1/s1. The molecule has 0 saturated carbocycles. The monoisotopic (exact) mass is 369 g/mol. The molecule has 2 aliphatic heterocycles. The number of aromatic nitrogens is 3. The zero-order valence-corrected chi connectivity index (χ0v) is 15.9. The highest BCUT2D eigenvalue weighted by Gasteiger charge is 2.34. The zero-order valence-electron chi connectivity index (χ0n) is 15.9. The van der Waals surface area contributed by atoms with Gasteiger partial charge in [0.1, 0.15) is 11.6 Å². The van der Waals surface area contributed by atoms with E-state index in [1.165, 1.54) is 0 Å². The predicted octanol–water partition coefficient (Wildman–Crippen LogP) is 1.73. The molecule has 1 aromatic heterocycles. The number of nitrogens with one attached hydrogen (secondary N) is 1. The lowest BCUT2D eigenvalue weighted by Gasteiger charge is -2.24. The van der Waals surface area contributed by atoms with E-state index in [1.54, 1.807) is 7.11 Å². The minimum Gasteiger partial charge on any atom is -0.497 e. The minimum absolute atomic E-state index is 0.0627. The van der Waals surface area contributed by atoms with Crippen LogP contribution >= 0.6 is 0 Å². The second-order valence-corrected chi connectivity index (χ2v) is 7.22. The Balaban J connectivity index is 1.43. The highest BCUT2D eigenvalue weighted by molar-refractivity contribution is 5.77. The molecule has 1 amide bonds. The maximum Gasteiger partial charge on any atom is 0.223 e. The summed E-state index contributed by atoms with van der Waals surface area (Å²) in [5.74, 6) is 3.04. The van der Waals surface area contributed by atoms with Gasteiger partial charge in [0.2, 0.25) is 5.91 Å². The van der Waals surface area contributed by atoms with Gasteiger partial charge in [0.25, 0.3) is 0 Å². The molecule has 0 spiro atoms. The molecule has 0 unspecified atom stereocenters. The van der Waals surface area contributed by atoms with Crippen molar-refractivity contribution in [1.29, 1.82) is 0 Å². The number of carbonyl (C=O) groups is 1. The van der Waals surface area contributed by atoms with Crippen molar-refractivity contribution in [3.05, 3.63) is 41.5 Å². The molecule has 144 valence electrons. The van der Waals surface area contributed by atoms with Gasteiger partial charge in [-0.1, -0.05) is 12.1 Å². The number of carbonyl (C=O) groups excluding carboxylic acids is 1. The Bertz CT molecular complexity index is 786. The average Bonchev–Trinajstić information content (AvgIpc) is 3.27. The number of hydrogen-bond acceptors (Lipinski definition) is 5. The number of benzene rings is 1. The van der Waals surface area contributed by atoms with Gasteiger partial charge in [-0.25, -0.2) is 0 Å². The van der Waals surface area contributed by atoms with Crippen LogP contribution in [0, 0.1) is 0 Å². The second kappa shape index (κ2) is 8.08. The topological polar surface area (TPSA) is 72.3 Å². The Morgan fingerprint density at radius 1 is 1.22 bits per heavy atom. The van der Waals surface area contributed by atoms with E-state index in [1.807, 2.05) is 29.2 Å². The van der Waals surface area contributed by atoms with Gasteiger partial charge < -0.3 is 19.5 Å². The fourth-order valence-electron chi connectivity index (χ4n) is 4.06. The van der Waals surface area contributed by atoms with Crippen LogP contribution in [0.1, 0.15) is 42.5 Å². The maximum absolute atomic E-state index is 12.9. The third kappa shape index (κ3) is 3.83. The molecule has 1 atom stereocenters. The third-order valence-corrected chi connectivity index (χ3v) is 5.55. The first-order chi connectivity index (χ1) is 13.3. The Hall–Kier alpha value is -2.41. The zero-order chi connectivity index (χ0) is 18.6. The summed E-state index contributed by atoms with van der Waals surface area (Å²) in [6.45, 7) is 3.55. The first-order valence-electron chi connectivity index (χ1n) is 9.81. The van der Waals surface area contributed by atoms with E-state index in [0.29, 0.717) is 6.42 Å². The van der Waals surface area contributed by atoms with Gasteiger partial charge in [0, 0.05) is 39.0 Å². The molecule has 0 bridgehead atoms. The van der Waals surface area contributed by atoms with Gasteiger partial charge in [-0.15, -0.1) is 10.2 Å². The summed E-state index contributed by atoms with van der Waals surface area (Å²) in [5.41, 5.74) is 1.15. The number of methoxy groups -OCH3 is 1. The highest BCUT2D eigenvalue weighted by Crippen LogP contribution is 2.32.